The van der Waals surface area contributed by atoms with Crippen molar-refractivity contribution < 1.29 is 22.4 Å². The second-order valence-corrected chi connectivity index (χ2v) is 6.75. The van der Waals surface area contributed by atoms with E-state index in [1.165, 1.54) is 18.2 Å². The minimum absolute atomic E-state index is 0.0619. The molecule has 0 spiro atoms. The summed E-state index contributed by atoms with van der Waals surface area (Å²) in [7, 11) is -4.18. The molecular formula is C14H14N2O7S. The predicted octanol–water partition coefficient (Wildman–Crippen LogP) is 1.84. The molecule has 0 N–H and O–H groups in total. The molecule has 128 valence electrons. The Morgan fingerprint density at radius 2 is 1.83 bits per heavy atom. The predicted molar refractivity (Wildman–Crippen MR) is 82.9 cm³/mol. The van der Waals surface area contributed by atoms with Crippen molar-refractivity contribution in [3.63, 3.8) is 0 Å². The number of hydrogen-bond acceptors (Lipinski definition) is 7. The fourth-order valence-electron chi connectivity index (χ4n) is 2.20. The third-order valence-electron chi connectivity index (χ3n) is 3.50. The SMILES string of the molecule is Cc1ccc(S(=O)(=O)OCC2=C([N+](=O)[O-])C=CCC2[N+](=O)[O-])cc1. The fourth-order valence-corrected chi connectivity index (χ4v) is 3.09. The molecule has 1 aromatic rings. The summed E-state index contributed by atoms with van der Waals surface area (Å²) in [5, 5.41) is 22.1. The molecule has 0 amide bonds. The average Bonchev–Trinajstić information content (AvgIpc) is 2.52. The van der Waals surface area contributed by atoms with Gasteiger partial charge in [0.05, 0.1) is 9.82 Å². The van der Waals surface area contributed by atoms with Crippen molar-refractivity contribution >= 4 is 10.1 Å². The van der Waals surface area contributed by atoms with Gasteiger partial charge in [0.1, 0.15) is 12.2 Å². The number of rotatable bonds is 6. The van der Waals surface area contributed by atoms with Gasteiger partial charge in [0.25, 0.3) is 15.8 Å². The Hall–Kier alpha value is -2.59. The van der Waals surface area contributed by atoms with Crippen molar-refractivity contribution in [1.82, 2.24) is 0 Å². The van der Waals surface area contributed by atoms with Crippen LogP contribution in [0.15, 0.2) is 52.6 Å². The third kappa shape index (κ3) is 3.84. The second-order valence-electron chi connectivity index (χ2n) is 5.14. The van der Waals surface area contributed by atoms with Crippen LogP contribution in [0.1, 0.15) is 12.0 Å². The smallest absolute Gasteiger partial charge is 0.264 e. The van der Waals surface area contributed by atoms with Gasteiger partial charge in [0.2, 0.25) is 6.04 Å². The Labute approximate surface area is 137 Å². The third-order valence-corrected chi connectivity index (χ3v) is 4.77. The van der Waals surface area contributed by atoms with Gasteiger partial charge in [-0.05, 0) is 19.1 Å². The van der Waals surface area contributed by atoms with Crippen LogP contribution < -0.4 is 0 Å². The number of nitro groups is 2. The van der Waals surface area contributed by atoms with Gasteiger partial charge in [0.15, 0.2) is 0 Å². The van der Waals surface area contributed by atoms with E-state index in [-0.39, 0.29) is 16.9 Å². The molecule has 1 unspecified atom stereocenters. The molecule has 9 nitrogen and oxygen atoms in total. The van der Waals surface area contributed by atoms with Gasteiger partial charge in [-0.3, -0.25) is 24.4 Å². The van der Waals surface area contributed by atoms with Gasteiger partial charge < -0.3 is 0 Å². The van der Waals surface area contributed by atoms with Crippen LogP contribution in [-0.4, -0.2) is 30.9 Å². The van der Waals surface area contributed by atoms with Gasteiger partial charge in [0, 0.05) is 17.4 Å². The lowest BCUT2D eigenvalue weighted by Gasteiger charge is -2.15. The summed E-state index contributed by atoms with van der Waals surface area (Å²) in [6.45, 7) is 1.03. The first-order valence-corrected chi connectivity index (χ1v) is 8.27. The summed E-state index contributed by atoms with van der Waals surface area (Å²) in [6.07, 6.45) is 2.37. The number of benzene rings is 1. The Morgan fingerprint density at radius 3 is 2.38 bits per heavy atom. The molecule has 1 atom stereocenters. The van der Waals surface area contributed by atoms with Crippen molar-refractivity contribution in [2.45, 2.75) is 24.3 Å². The van der Waals surface area contributed by atoms with Crippen molar-refractivity contribution in [2.75, 3.05) is 6.61 Å². The van der Waals surface area contributed by atoms with Gasteiger partial charge in [-0.15, -0.1) is 0 Å². The van der Waals surface area contributed by atoms with E-state index in [1.54, 1.807) is 19.1 Å². The van der Waals surface area contributed by atoms with Crippen molar-refractivity contribution in [3.05, 3.63) is 73.5 Å². The van der Waals surface area contributed by atoms with Crippen molar-refractivity contribution in [3.8, 4) is 0 Å². The first kappa shape index (κ1) is 17.8. The zero-order chi connectivity index (χ0) is 17.9. The Morgan fingerprint density at radius 1 is 1.21 bits per heavy atom. The zero-order valence-corrected chi connectivity index (χ0v) is 13.4. The molecule has 0 bridgehead atoms. The van der Waals surface area contributed by atoms with Crippen LogP contribution in [0.25, 0.3) is 0 Å². The minimum Gasteiger partial charge on any atom is -0.264 e. The Kier molecular flexibility index (Phi) is 5.10. The van der Waals surface area contributed by atoms with Crippen molar-refractivity contribution in [1.29, 1.82) is 0 Å². The lowest BCUT2D eigenvalue weighted by molar-refractivity contribution is -0.515. The summed E-state index contributed by atoms with van der Waals surface area (Å²) < 4.78 is 29.1. The highest BCUT2D eigenvalue weighted by molar-refractivity contribution is 7.86. The molecule has 2 rings (SSSR count). The largest absolute Gasteiger partial charge is 0.297 e. The van der Waals surface area contributed by atoms with E-state index in [0.717, 1.165) is 11.6 Å². The molecule has 10 heteroatoms. The van der Waals surface area contributed by atoms with Crippen LogP contribution in [0, 0.1) is 27.2 Å². The number of hydrogen-bond donors (Lipinski definition) is 0. The zero-order valence-electron chi connectivity index (χ0n) is 12.6. The number of aryl methyl sites for hydroxylation is 1. The number of allylic oxidation sites excluding steroid dienone is 1. The first-order valence-electron chi connectivity index (χ1n) is 6.86. The van der Waals surface area contributed by atoms with E-state index >= 15 is 0 Å². The molecule has 0 radical (unpaired) electrons. The van der Waals surface area contributed by atoms with Crippen LogP contribution in [0.2, 0.25) is 0 Å². The lowest BCUT2D eigenvalue weighted by atomic mass is 9.98. The maximum absolute atomic E-state index is 12.1. The normalized spacial score (nSPS) is 17.8. The summed E-state index contributed by atoms with van der Waals surface area (Å²) in [4.78, 5) is 20.5. The van der Waals surface area contributed by atoms with E-state index in [9.17, 15) is 28.6 Å². The maximum Gasteiger partial charge on any atom is 0.297 e. The molecule has 0 aliphatic heterocycles. The first-order chi connectivity index (χ1) is 11.2. The topological polar surface area (TPSA) is 130 Å². The highest BCUT2D eigenvalue weighted by Gasteiger charge is 2.36. The second kappa shape index (κ2) is 6.89. The average molecular weight is 354 g/mol. The highest BCUT2D eigenvalue weighted by Crippen LogP contribution is 2.24. The van der Waals surface area contributed by atoms with E-state index in [4.69, 9.17) is 4.18 Å². The van der Waals surface area contributed by atoms with Gasteiger partial charge in [-0.25, -0.2) is 0 Å². The molecule has 1 aliphatic carbocycles. The van der Waals surface area contributed by atoms with Gasteiger partial charge in [-0.2, -0.15) is 8.42 Å². The van der Waals surface area contributed by atoms with Crippen LogP contribution in [0.4, 0.5) is 0 Å². The van der Waals surface area contributed by atoms with E-state index in [2.05, 4.69) is 0 Å². The molecule has 0 aromatic heterocycles. The molecular weight excluding hydrogens is 340 g/mol. The van der Waals surface area contributed by atoms with E-state index in [1.807, 2.05) is 0 Å². The van der Waals surface area contributed by atoms with Crippen molar-refractivity contribution in [2.24, 2.45) is 0 Å². The Bertz CT molecular complexity index is 825. The summed E-state index contributed by atoms with van der Waals surface area (Å²) in [5.74, 6) is 0. The highest BCUT2D eigenvalue weighted by atomic mass is 32.2. The summed E-state index contributed by atoms with van der Waals surface area (Å²) in [5.41, 5.74) is 0.0587. The quantitative estimate of drug-likeness (QED) is 0.433. The molecule has 1 aliphatic rings. The molecule has 1 aromatic carbocycles. The maximum atomic E-state index is 12.1. The molecule has 24 heavy (non-hydrogen) atoms. The standard InChI is InChI=1S/C14H14N2O7S/c1-10-5-7-11(8-6-10)24(21,22)23-9-12-13(15(17)18)3-2-4-14(12)16(19)20/h2-3,5-8,14H,4,9H2,1H3. The monoisotopic (exact) mass is 354 g/mol. The fraction of sp³-hybridized carbons (Fsp3) is 0.286. The molecule has 0 saturated carbocycles. The molecule has 0 heterocycles. The number of nitrogens with zero attached hydrogens (tertiary/aromatic N) is 2. The van der Waals surface area contributed by atoms with Crippen LogP contribution in [0.5, 0.6) is 0 Å². The van der Waals surface area contributed by atoms with E-state index < -0.39 is 38.3 Å². The van der Waals surface area contributed by atoms with Crippen LogP contribution in [-0.2, 0) is 14.3 Å². The van der Waals surface area contributed by atoms with Crippen LogP contribution >= 0.6 is 0 Å². The van der Waals surface area contributed by atoms with Crippen LogP contribution in [0.3, 0.4) is 0 Å². The van der Waals surface area contributed by atoms with Gasteiger partial charge >= 0.3 is 0 Å². The van der Waals surface area contributed by atoms with E-state index in [0.29, 0.717) is 0 Å². The van der Waals surface area contributed by atoms with Gasteiger partial charge in [-0.1, -0.05) is 23.8 Å². The summed E-state index contributed by atoms with van der Waals surface area (Å²) >= 11 is 0. The molecule has 0 saturated heterocycles. The Balaban J connectivity index is 2.29. The molecule has 0 fully saturated rings. The minimum atomic E-state index is -4.18. The lowest BCUT2D eigenvalue weighted by Crippen LogP contribution is -2.29. The summed E-state index contributed by atoms with van der Waals surface area (Å²) in [6, 6.07) is 4.42.